The monoisotopic (exact) mass is 298 g/mol. The van der Waals surface area contributed by atoms with Crippen molar-refractivity contribution in [1.29, 1.82) is 0 Å². The van der Waals surface area contributed by atoms with Gasteiger partial charge in [-0.25, -0.2) is 0 Å². The molecule has 0 spiro atoms. The van der Waals surface area contributed by atoms with Gasteiger partial charge < -0.3 is 0 Å². The maximum absolute atomic E-state index is 11.8. The average Bonchev–Trinajstić information content (AvgIpc) is 1.84. The molecule has 0 bridgehead atoms. The number of Topliss-reactive ketones (excluding diaryl/α,β-unsaturated/α-hetero) is 1. The summed E-state index contributed by atoms with van der Waals surface area (Å²) in [6.45, 7) is 7.77. The predicted octanol–water partition coefficient (Wildman–Crippen LogP) is 3.68. The van der Waals surface area contributed by atoms with Crippen LogP contribution in [0.3, 0.4) is 0 Å². The van der Waals surface area contributed by atoms with E-state index in [2.05, 4.69) is 38.8 Å². The smallest absolute Gasteiger partial charge is 0.165 e. The molecule has 0 amide bonds. The first-order chi connectivity index (χ1) is 5.22. The third kappa shape index (κ3) is 3.56. The van der Waals surface area contributed by atoms with Gasteiger partial charge in [0.1, 0.15) is 0 Å². The van der Waals surface area contributed by atoms with Crippen LogP contribution in [0.25, 0.3) is 0 Å². The first-order valence-corrected chi connectivity index (χ1v) is 5.73. The third-order valence-corrected chi connectivity index (χ3v) is 2.85. The van der Waals surface area contributed by atoms with Crippen molar-refractivity contribution in [2.75, 3.05) is 0 Å². The molecule has 0 N–H and O–H groups in total. The second kappa shape index (κ2) is 4.23. The fraction of sp³-hybridized carbons (Fsp3) is 0.889. The second-order valence-electron chi connectivity index (χ2n) is 3.75. The Morgan fingerprint density at radius 2 is 1.67 bits per heavy atom. The van der Waals surface area contributed by atoms with Crippen LogP contribution >= 0.6 is 31.9 Å². The van der Waals surface area contributed by atoms with E-state index in [0.29, 0.717) is 0 Å². The van der Waals surface area contributed by atoms with Crippen molar-refractivity contribution in [3.8, 4) is 0 Å². The van der Waals surface area contributed by atoms with Gasteiger partial charge in [-0.3, -0.25) is 4.79 Å². The van der Waals surface area contributed by atoms with Crippen molar-refractivity contribution < 1.29 is 4.79 Å². The Hall–Kier alpha value is 0.630. The first-order valence-electron chi connectivity index (χ1n) is 4.14. The third-order valence-electron chi connectivity index (χ3n) is 1.73. The van der Waals surface area contributed by atoms with Gasteiger partial charge in [0.05, 0.1) is 8.65 Å². The van der Waals surface area contributed by atoms with E-state index in [1.807, 2.05) is 20.8 Å². The number of carbonyl (C=O) groups is 1. The van der Waals surface area contributed by atoms with Crippen LogP contribution in [-0.4, -0.2) is 14.4 Å². The van der Waals surface area contributed by atoms with Crippen molar-refractivity contribution in [1.82, 2.24) is 0 Å². The quantitative estimate of drug-likeness (QED) is 0.724. The van der Waals surface area contributed by atoms with Gasteiger partial charge in [0.15, 0.2) is 5.78 Å². The second-order valence-corrected chi connectivity index (χ2v) is 7.48. The Balaban J connectivity index is 4.46. The molecular formula is C9H16Br2O. The van der Waals surface area contributed by atoms with Crippen molar-refractivity contribution in [2.45, 2.75) is 49.2 Å². The Morgan fingerprint density at radius 3 is 1.92 bits per heavy atom. The molecule has 0 saturated carbocycles. The van der Waals surface area contributed by atoms with Gasteiger partial charge in [-0.15, -0.1) is 0 Å². The van der Waals surface area contributed by atoms with Crippen molar-refractivity contribution >= 4 is 37.6 Å². The zero-order valence-electron chi connectivity index (χ0n) is 8.08. The average molecular weight is 300 g/mol. The standard InChI is InChI=1S/C9H16Br2O/c1-5-6-9(4,11)7(12)8(2,3)10/h5-6H2,1-4H3. The number of halogens is 2. The van der Waals surface area contributed by atoms with Gasteiger partial charge in [0, 0.05) is 0 Å². The number of ketones is 1. The van der Waals surface area contributed by atoms with Gasteiger partial charge in [-0.1, -0.05) is 45.2 Å². The SMILES string of the molecule is CCCC(C)(Br)C(=O)C(C)(C)Br. The summed E-state index contributed by atoms with van der Waals surface area (Å²) in [7, 11) is 0. The Bertz CT molecular complexity index is 168. The highest BCUT2D eigenvalue weighted by Crippen LogP contribution is 2.33. The number of hydrogen-bond acceptors (Lipinski definition) is 1. The van der Waals surface area contributed by atoms with Crippen molar-refractivity contribution in [3.05, 3.63) is 0 Å². The van der Waals surface area contributed by atoms with E-state index in [1.165, 1.54) is 0 Å². The summed E-state index contributed by atoms with van der Waals surface area (Å²) >= 11 is 6.83. The first kappa shape index (κ1) is 12.6. The van der Waals surface area contributed by atoms with Gasteiger partial charge in [0.2, 0.25) is 0 Å². The molecule has 1 unspecified atom stereocenters. The van der Waals surface area contributed by atoms with Crippen LogP contribution in [0.2, 0.25) is 0 Å². The van der Waals surface area contributed by atoms with Crippen molar-refractivity contribution in [2.24, 2.45) is 0 Å². The molecule has 0 aliphatic rings. The molecule has 0 rings (SSSR count). The topological polar surface area (TPSA) is 17.1 Å². The zero-order valence-corrected chi connectivity index (χ0v) is 11.3. The van der Waals surface area contributed by atoms with E-state index < -0.39 is 4.32 Å². The minimum Gasteiger partial charge on any atom is -0.297 e. The Kier molecular flexibility index (Phi) is 4.45. The molecular weight excluding hydrogens is 284 g/mol. The Labute approximate surface area is 91.6 Å². The maximum Gasteiger partial charge on any atom is 0.165 e. The number of carbonyl (C=O) groups excluding carboxylic acids is 1. The van der Waals surface area contributed by atoms with Crippen LogP contribution in [-0.2, 0) is 4.79 Å². The van der Waals surface area contributed by atoms with Crippen molar-refractivity contribution in [3.63, 3.8) is 0 Å². The molecule has 0 heterocycles. The van der Waals surface area contributed by atoms with Gasteiger partial charge in [0.25, 0.3) is 0 Å². The summed E-state index contributed by atoms with van der Waals surface area (Å²) in [6, 6.07) is 0. The molecule has 0 aliphatic carbocycles. The fourth-order valence-corrected chi connectivity index (χ4v) is 2.80. The number of alkyl halides is 2. The lowest BCUT2D eigenvalue weighted by Crippen LogP contribution is -2.40. The van der Waals surface area contributed by atoms with Crippen LogP contribution in [0.5, 0.6) is 0 Å². The molecule has 0 aromatic rings. The summed E-state index contributed by atoms with van der Waals surface area (Å²) < 4.78 is -0.810. The molecule has 0 saturated heterocycles. The minimum absolute atomic E-state index is 0.205. The molecule has 0 fully saturated rings. The summed E-state index contributed by atoms with van der Waals surface area (Å²) in [4.78, 5) is 11.8. The number of hydrogen-bond donors (Lipinski definition) is 0. The summed E-state index contributed by atoms with van der Waals surface area (Å²) in [5.74, 6) is 0.205. The summed E-state index contributed by atoms with van der Waals surface area (Å²) in [5, 5.41) is 0. The highest BCUT2D eigenvalue weighted by atomic mass is 79.9. The molecule has 0 aliphatic heterocycles. The molecule has 0 aromatic carbocycles. The lowest BCUT2D eigenvalue weighted by Gasteiger charge is -2.27. The van der Waals surface area contributed by atoms with Crippen LogP contribution in [0.1, 0.15) is 40.5 Å². The van der Waals surface area contributed by atoms with Crippen LogP contribution in [0, 0.1) is 0 Å². The molecule has 0 radical (unpaired) electrons. The lowest BCUT2D eigenvalue weighted by atomic mass is 9.93. The maximum atomic E-state index is 11.8. The van der Waals surface area contributed by atoms with Crippen LogP contribution in [0.4, 0.5) is 0 Å². The fourth-order valence-electron chi connectivity index (χ4n) is 1.20. The molecule has 1 nitrogen and oxygen atoms in total. The predicted molar refractivity (Wildman–Crippen MR) is 60.3 cm³/mol. The number of rotatable bonds is 4. The normalized spacial score (nSPS) is 17.2. The van der Waals surface area contributed by atoms with E-state index in [0.717, 1.165) is 12.8 Å². The highest BCUT2D eigenvalue weighted by Gasteiger charge is 2.38. The lowest BCUT2D eigenvalue weighted by molar-refractivity contribution is -0.122. The molecule has 1 atom stereocenters. The van der Waals surface area contributed by atoms with Crippen LogP contribution in [0.15, 0.2) is 0 Å². The Morgan fingerprint density at radius 1 is 1.25 bits per heavy atom. The molecule has 72 valence electrons. The minimum atomic E-state index is -0.430. The van der Waals surface area contributed by atoms with Gasteiger partial charge >= 0.3 is 0 Å². The van der Waals surface area contributed by atoms with E-state index >= 15 is 0 Å². The van der Waals surface area contributed by atoms with Crippen LogP contribution < -0.4 is 0 Å². The molecule has 12 heavy (non-hydrogen) atoms. The zero-order chi connectivity index (χ0) is 9.99. The molecule has 3 heteroatoms. The van der Waals surface area contributed by atoms with Gasteiger partial charge in [-0.2, -0.15) is 0 Å². The van der Waals surface area contributed by atoms with Gasteiger partial charge in [-0.05, 0) is 27.2 Å². The summed E-state index contributed by atoms with van der Waals surface area (Å²) in [5.41, 5.74) is 0. The van der Waals surface area contributed by atoms with E-state index in [-0.39, 0.29) is 10.1 Å². The summed E-state index contributed by atoms with van der Waals surface area (Å²) in [6.07, 6.45) is 1.89. The van der Waals surface area contributed by atoms with E-state index in [1.54, 1.807) is 0 Å². The largest absolute Gasteiger partial charge is 0.297 e. The molecule has 0 aromatic heterocycles. The van der Waals surface area contributed by atoms with E-state index in [9.17, 15) is 4.79 Å². The van der Waals surface area contributed by atoms with E-state index in [4.69, 9.17) is 0 Å². The highest BCUT2D eigenvalue weighted by molar-refractivity contribution is 9.11.